The van der Waals surface area contributed by atoms with Gasteiger partial charge in [-0.1, -0.05) is 93.1 Å². The molecule has 0 bridgehead atoms. The summed E-state index contributed by atoms with van der Waals surface area (Å²) < 4.78 is 0. The SMILES string of the molecule is c1ccc(-c2ccc(C3(C4CCCCC4)CCCCC3)cc2)cc1. The second-order valence-electron chi connectivity index (χ2n) is 8.00. The monoisotopic (exact) mass is 318 g/mol. The summed E-state index contributed by atoms with van der Waals surface area (Å²) in [5, 5.41) is 0. The van der Waals surface area contributed by atoms with Gasteiger partial charge < -0.3 is 0 Å². The van der Waals surface area contributed by atoms with Crippen molar-refractivity contribution < 1.29 is 0 Å². The van der Waals surface area contributed by atoms with Crippen LogP contribution in [0, 0.1) is 5.92 Å². The quantitative estimate of drug-likeness (QED) is 0.564. The minimum absolute atomic E-state index is 0.480. The molecular formula is C24H30. The zero-order chi connectivity index (χ0) is 16.2. The van der Waals surface area contributed by atoms with Crippen molar-refractivity contribution in [3.05, 3.63) is 60.2 Å². The van der Waals surface area contributed by atoms with Gasteiger partial charge >= 0.3 is 0 Å². The van der Waals surface area contributed by atoms with Crippen LogP contribution in [0.15, 0.2) is 54.6 Å². The van der Waals surface area contributed by atoms with Gasteiger partial charge in [0.2, 0.25) is 0 Å². The molecule has 0 N–H and O–H groups in total. The van der Waals surface area contributed by atoms with Gasteiger partial charge in [-0.05, 0) is 53.7 Å². The van der Waals surface area contributed by atoms with Crippen molar-refractivity contribution in [3.8, 4) is 11.1 Å². The van der Waals surface area contributed by atoms with E-state index in [2.05, 4.69) is 54.6 Å². The van der Waals surface area contributed by atoms with E-state index < -0.39 is 0 Å². The van der Waals surface area contributed by atoms with E-state index in [4.69, 9.17) is 0 Å². The fraction of sp³-hybridized carbons (Fsp3) is 0.500. The van der Waals surface area contributed by atoms with Gasteiger partial charge in [-0.15, -0.1) is 0 Å². The van der Waals surface area contributed by atoms with Crippen LogP contribution in [0.1, 0.15) is 69.8 Å². The number of hydrogen-bond acceptors (Lipinski definition) is 0. The lowest BCUT2D eigenvalue weighted by molar-refractivity contribution is 0.148. The maximum absolute atomic E-state index is 2.46. The van der Waals surface area contributed by atoms with Gasteiger partial charge in [0.25, 0.3) is 0 Å². The minimum atomic E-state index is 0.480. The third kappa shape index (κ3) is 3.04. The Morgan fingerprint density at radius 2 is 1.17 bits per heavy atom. The molecule has 2 fully saturated rings. The fourth-order valence-corrected chi connectivity index (χ4v) is 5.40. The molecule has 0 aromatic heterocycles. The molecule has 0 saturated heterocycles. The van der Waals surface area contributed by atoms with Crippen molar-refractivity contribution in [1.82, 2.24) is 0 Å². The van der Waals surface area contributed by atoms with E-state index in [1.165, 1.54) is 75.3 Å². The van der Waals surface area contributed by atoms with E-state index >= 15 is 0 Å². The first-order valence-electron chi connectivity index (χ1n) is 10.0. The Bertz CT molecular complexity index is 625. The summed E-state index contributed by atoms with van der Waals surface area (Å²) in [4.78, 5) is 0. The smallest absolute Gasteiger partial charge is 0.00187 e. The number of benzene rings is 2. The highest BCUT2D eigenvalue weighted by molar-refractivity contribution is 5.63. The van der Waals surface area contributed by atoms with Crippen molar-refractivity contribution in [2.24, 2.45) is 5.92 Å². The van der Waals surface area contributed by atoms with Crippen LogP contribution in [0.2, 0.25) is 0 Å². The highest BCUT2D eigenvalue weighted by atomic mass is 14.4. The largest absolute Gasteiger partial charge is 0.0622 e. The summed E-state index contributed by atoms with van der Waals surface area (Å²) in [6, 6.07) is 20.4. The Morgan fingerprint density at radius 3 is 1.83 bits per heavy atom. The average molecular weight is 319 g/mol. The Morgan fingerprint density at radius 1 is 0.583 bits per heavy atom. The van der Waals surface area contributed by atoms with Crippen molar-refractivity contribution >= 4 is 0 Å². The fourth-order valence-electron chi connectivity index (χ4n) is 5.40. The first-order chi connectivity index (χ1) is 11.9. The maximum atomic E-state index is 2.46. The van der Waals surface area contributed by atoms with Crippen molar-refractivity contribution in [2.75, 3.05) is 0 Å². The lowest BCUT2D eigenvalue weighted by Gasteiger charge is -2.46. The van der Waals surface area contributed by atoms with Crippen molar-refractivity contribution in [1.29, 1.82) is 0 Å². The normalized spacial score (nSPS) is 21.5. The highest BCUT2D eigenvalue weighted by Crippen LogP contribution is 2.50. The minimum Gasteiger partial charge on any atom is -0.0622 e. The summed E-state index contributed by atoms with van der Waals surface area (Å²) in [5.74, 6) is 0.925. The van der Waals surface area contributed by atoms with E-state index in [-0.39, 0.29) is 0 Å². The molecule has 0 atom stereocenters. The van der Waals surface area contributed by atoms with E-state index in [1.807, 2.05) is 0 Å². The number of hydrogen-bond donors (Lipinski definition) is 0. The average Bonchev–Trinajstić information content (AvgIpc) is 2.70. The zero-order valence-electron chi connectivity index (χ0n) is 14.8. The summed E-state index contributed by atoms with van der Waals surface area (Å²) in [6.07, 6.45) is 14.4. The van der Waals surface area contributed by atoms with Crippen LogP contribution >= 0.6 is 0 Å². The highest BCUT2D eigenvalue weighted by Gasteiger charge is 2.41. The molecule has 0 heteroatoms. The molecule has 0 spiro atoms. The van der Waals surface area contributed by atoms with E-state index in [0.29, 0.717) is 5.41 Å². The third-order valence-electron chi connectivity index (χ3n) is 6.70. The second kappa shape index (κ2) is 7.13. The van der Waals surface area contributed by atoms with E-state index in [0.717, 1.165) is 5.92 Å². The Hall–Kier alpha value is -1.56. The Labute approximate surface area is 147 Å². The van der Waals surface area contributed by atoms with Crippen LogP contribution < -0.4 is 0 Å². The molecule has 2 aliphatic rings. The first kappa shape index (κ1) is 15.9. The molecule has 0 aliphatic heterocycles. The van der Waals surface area contributed by atoms with E-state index in [9.17, 15) is 0 Å². The lowest BCUT2D eigenvalue weighted by Crippen LogP contribution is -2.38. The van der Waals surface area contributed by atoms with Crippen LogP contribution in [0.25, 0.3) is 11.1 Å². The molecule has 4 rings (SSSR count). The Balaban J connectivity index is 1.65. The molecule has 24 heavy (non-hydrogen) atoms. The second-order valence-corrected chi connectivity index (χ2v) is 8.00. The van der Waals surface area contributed by atoms with Gasteiger partial charge in [0, 0.05) is 0 Å². The van der Waals surface area contributed by atoms with Gasteiger partial charge in [-0.25, -0.2) is 0 Å². The van der Waals surface area contributed by atoms with Gasteiger partial charge in [-0.3, -0.25) is 0 Å². The maximum Gasteiger partial charge on any atom is -0.00187 e. The van der Waals surface area contributed by atoms with Crippen LogP contribution in [0.3, 0.4) is 0 Å². The van der Waals surface area contributed by atoms with Crippen LogP contribution in [0.5, 0.6) is 0 Å². The summed E-state index contributed by atoms with van der Waals surface area (Å²) >= 11 is 0. The molecule has 2 aromatic rings. The van der Waals surface area contributed by atoms with Crippen LogP contribution in [0.4, 0.5) is 0 Å². The number of rotatable bonds is 3. The van der Waals surface area contributed by atoms with Crippen molar-refractivity contribution in [3.63, 3.8) is 0 Å². The lowest BCUT2D eigenvalue weighted by atomic mass is 9.58. The Kier molecular flexibility index (Phi) is 4.74. The van der Waals surface area contributed by atoms with Crippen LogP contribution in [-0.4, -0.2) is 0 Å². The van der Waals surface area contributed by atoms with Gasteiger partial charge in [-0.2, -0.15) is 0 Å². The molecule has 0 unspecified atom stereocenters. The van der Waals surface area contributed by atoms with Crippen molar-refractivity contribution in [2.45, 2.75) is 69.6 Å². The topological polar surface area (TPSA) is 0 Å². The molecule has 126 valence electrons. The molecule has 2 aliphatic carbocycles. The first-order valence-corrected chi connectivity index (χ1v) is 10.0. The van der Waals surface area contributed by atoms with E-state index in [1.54, 1.807) is 5.56 Å². The van der Waals surface area contributed by atoms with Gasteiger partial charge in [0.05, 0.1) is 0 Å². The summed E-state index contributed by atoms with van der Waals surface area (Å²) in [7, 11) is 0. The summed E-state index contributed by atoms with van der Waals surface area (Å²) in [6.45, 7) is 0. The molecule has 0 heterocycles. The molecule has 2 saturated carbocycles. The van der Waals surface area contributed by atoms with Gasteiger partial charge in [0.1, 0.15) is 0 Å². The third-order valence-corrected chi connectivity index (χ3v) is 6.70. The standard InChI is InChI=1S/C24H30/c1-4-10-20(11-5-1)21-14-16-23(17-15-21)24(18-8-3-9-19-24)22-12-6-2-7-13-22/h1,4-5,10-11,14-17,22H,2-3,6-9,12-13,18-19H2. The van der Waals surface area contributed by atoms with Crippen LogP contribution in [-0.2, 0) is 5.41 Å². The molecule has 0 amide bonds. The predicted octanol–water partition coefficient (Wildman–Crippen LogP) is 7.14. The summed E-state index contributed by atoms with van der Waals surface area (Å²) in [5.41, 5.74) is 4.80. The molecule has 0 nitrogen and oxygen atoms in total. The molecule has 2 aromatic carbocycles. The predicted molar refractivity (Wildman–Crippen MR) is 103 cm³/mol. The molecule has 0 radical (unpaired) electrons. The molecular weight excluding hydrogens is 288 g/mol. The zero-order valence-corrected chi connectivity index (χ0v) is 14.8. The van der Waals surface area contributed by atoms with Gasteiger partial charge in [0.15, 0.2) is 0 Å².